The van der Waals surface area contributed by atoms with E-state index in [9.17, 15) is 18.0 Å². The molecule has 0 aliphatic carbocycles. The van der Waals surface area contributed by atoms with E-state index >= 15 is 0 Å². The van der Waals surface area contributed by atoms with E-state index in [-0.39, 0.29) is 11.8 Å². The van der Waals surface area contributed by atoms with Crippen LogP contribution in [0.25, 0.3) is 0 Å². The molecular weight excluding hydrogens is 398 g/mol. The molecule has 29 heavy (non-hydrogen) atoms. The highest BCUT2D eigenvalue weighted by atomic mass is 32.2. The van der Waals surface area contributed by atoms with Crippen molar-refractivity contribution in [2.45, 2.75) is 39.2 Å². The summed E-state index contributed by atoms with van der Waals surface area (Å²) in [6.07, 6.45) is 1.45. The van der Waals surface area contributed by atoms with Crippen LogP contribution < -0.4 is 15.4 Å². The Bertz CT molecular complexity index is 855. The van der Waals surface area contributed by atoms with Crippen LogP contribution in [0.3, 0.4) is 0 Å². The lowest BCUT2D eigenvalue weighted by Gasteiger charge is -2.29. The molecule has 1 aliphatic heterocycles. The summed E-state index contributed by atoms with van der Waals surface area (Å²) in [5, 5.41) is 5.45. The van der Waals surface area contributed by atoms with Crippen molar-refractivity contribution < 1.29 is 27.5 Å². The molecule has 1 heterocycles. The highest BCUT2D eigenvalue weighted by Crippen LogP contribution is 2.29. The van der Waals surface area contributed by atoms with Crippen molar-refractivity contribution in [3.8, 4) is 5.75 Å². The molecule has 0 saturated carbocycles. The average molecular weight is 428 g/mol. The average Bonchev–Trinajstić information content (AvgIpc) is 2.59. The van der Waals surface area contributed by atoms with E-state index < -0.39 is 21.7 Å². The summed E-state index contributed by atoms with van der Waals surface area (Å²) in [7, 11) is -1.76. The van der Waals surface area contributed by atoms with Gasteiger partial charge < -0.3 is 14.8 Å². The van der Waals surface area contributed by atoms with Crippen LogP contribution in [0.2, 0.25) is 0 Å². The Balaban J connectivity index is 2.04. The van der Waals surface area contributed by atoms with Gasteiger partial charge in [-0.3, -0.25) is 10.1 Å². The second-order valence-electron chi connectivity index (χ2n) is 7.97. The first kappa shape index (κ1) is 23.0. The number of ether oxygens (including phenoxy) is 2. The smallest absolute Gasteiger partial charge is 0.412 e. The Morgan fingerprint density at radius 1 is 1.14 bits per heavy atom. The van der Waals surface area contributed by atoms with Gasteiger partial charge in [0.05, 0.1) is 19.1 Å². The molecule has 2 amide bonds. The van der Waals surface area contributed by atoms with Crippen LogP contribution in [0.5, 0.6) is 5.75 Å². The Labute approximate surface area is 171 Å². The number of nitrogens with one attached hydrogen (secondary N) is 2. The molecule has 0 aromatic heterocycles. The number of sulfonamides is 1. The van der Waals surface area contributed by atoms with Crippen LogP contribution >= 0.6 is 0 Å². The number of carbonyl (C=O) groups excluding carboxylic acids is 2. The van der Waals surface area contributed by atoms with E-state index in [2.05, 4.69) is 10.6 Å². The Morgan fingerprint density at radius 2 is 1.76 bits per heavy atom. The molecule has 1 fully saturated rings. The summed E-state index contributed by atoms with van der Waals surface area (Å²) in [5.74, 6) is -0.0424. The molecule has 0 atom stereocenters. The first-order valence-electron chi connectivity index (χ1n) is 9.33. The lowest BCUT2D eigenvalue weighted by Crippen LogP contribution is -2.40. The number of methoxy groups -OCH3 is 1. The zero-order valence-corrected chi connectivity index (χ0v) is 18.3. The number of rotatable bonds is 5. The number of nitrogens with zero attached hydrogens (tertiary/aromatic N) is 1. The van der Waals surface area contributed by atoms with Gasteiger partial charge in [0.2, 0.25) is 15.9 Å². The zero-order chi connectivity index (χ0) is 21.8. The molecule has 1 saturated heterocycles. The van der Waals surface area contributed by atoms with Gasteiger partial charge >= 0.3 is 6.09 Å². The third-order valence-corrected chi connectivity index (χ3v) is 5.70. The standard InChI is InChI=1S/C19H29N3O6S/c1-19(2,3)28-18(24)21-15-12-14(6-7-16(15)27-4)20-17(23)13-8-10-22(11-9-13)29(5,25)26/h6-7,12-13H,8-11H2,1-5H3,(H,20,23)(H,21,24). The second kappa shape index (κ2) is 9.00. The maximum atomic E-state index is 12.6. The molecule has 9 nitrogen and oxygen atoms in total. The van der Waals surface area contributed by atoms with E-state index in [1.807, 2.05) is 0 Å². The number of amides is 2. The van der Waals surface area contributed by atoms with E-state index in [1.54, 1.807) is 39.0 Å². The van der Waals surface area contributed by atoms with Gasteiger partial charge in [-0.2, -0.15) is 0 Å². The minimum absolute atomic E-state index is 0.188. The SMILES string of the molecule is COc1ccc(NC(=O)C2CCN(S(C)(=O)=O)CC2)cc1NC(=O)OC(C)(C)C. The van der Waals surface area contributed by atoms with Crippen molar-refractivity contribution in [1.29, 1.82) is 0 Å². The molecule has 2 rings (SSSR count). The molecule has 0 bridgehead atoms. The van der Waals surface area contributed by atoms with Crippen LogP contribution in [0.15, 0.2) is 18.2 Å². The predicted octanol–water partition coefficient (Wildman–Crippen LogP) is 2.65. The van der Waals surface area contributed by atoms with Crippen LogP contribution in [-0.4, -0.2) is 56.8 Å². The van der Waals surface area contributed by atoms with Crippen molar-refractivity contribution in [2.24, 2.45) is 5.92 Å². The molecule has 1 aliphatic rings. The van der Waals surface area contributed by atoms with E-state index in [1.165, 1.54) is 17.7 Å². The summed E-state index contributed by atoms with van der Waals surface area (Å²) in [4.78, 5) is 24.6. The van der Waals surface area contributed by atoms with Crippen LogP contribution in [0, 0.1) is 5.92 Å². The largest absolute Gasteiger partial charge is 0.495 e. The summed E-state index contributed by atoms with van der Waals surface area (Å²) in [6, 6.07) is 4.89. The number of anilines is 2. The quantitative estimate of drug-likeness (QED) is 0.747. The molecule has 1 aromatic carbocycles. The fraction of sp³-hybridized carbons (Fsp3) is 0.579. The molecule has 162 valence electrons. The number of hydrogen-bond donors (Lipinski definition) is 2. The Morgan fingerprint density at radius 3 is 2.28 bits per heavy atom. The molecule has 10 heteroatoms. The second-order valence-corrected chi connectivity index (χ2v) is 9.95. The molecule has 0 spiro atoms. The minimum atomic E-state index is -3.24. The number of benzene rings is 1. The summed E-state index contributed by atoms with van der Waals surface area (Å²) in [5.41, 5.74) is 0.211. The maximum absolute atomic E-state index is 12.6. The van der Waals surface area contributed by atoms with Gasteiger partial charge in [0.15, 0.2) is 0 Å². The Kier molecular flexibility index (Phi) is 7.12. The van der Waals surface area contributed by atoms with Gasteiger partial charge in [-0.05, 0) is 51.8 Å². The Hall–Kier alpha value is -2.33. The fourth-order valence-corrected chi connectivity index (χ4v) is 3.87. The van der Waals surface area contributed by atoms with Crippen LogP contribution in [0.4, 0.5) is 16.2 Å². The van der Waals surface area contributed by atoms with Crippen molar-refractivity contribution in [3.05, 3.63) is 18.2 Å². The topological polar surface area (TPSA) is 114 Å². The van der Waals surface area contributed by atoms with E-state index in [0.717, 1.165) is 0 Å². The molecular formula is C19H29N3O6S. The number of carbonyl (C=O) groups is 2. The number of hydrogen-bond acceptors (Lipinski definition) is 6. The summed E-state index contributed by atoms with van der Waals surface area (Å²) < 4.78 is 35.1. The van der Waals surface area contributed by atoms with Gasteiger partial charge in [-0.15, -0.1) is 0 Å². The van der Waals surface area contributed by atoms with E-state index in [0.29, 0.717) is 43.1 Å². The van der Waals surface area contributed by atoms with Gasteiger partial charge in [0.25, 0.3) is 0 Å². The highest BCUT2D eigenvalue weighted by molar-refractivity contribution is 7.88. The zero-order valence-electron chi connectivity index (χ0n) is 17.4. The monoisotopic (exact) mass is 427 g/mol. The fourth-order valence-electron chi connectivity index (χ4n) is 2.99. The lowest BCUT2D eigenvalue weighted by atomic mass is 9.97. The third-order valence-electron chi connectivity index (χ3n) is 4.40. The predicted molar refractivity (Wildman–Crippen MR) is 111 cm³/mol. The molecule has 1 aromatic rings. The molecule has 0 radical (unpaired) electrons. The first-order valence-corrected chi connectivity index (χ1v) is 11.2. The van der Waals surface area contributed by atoms with Gasteiger partial charge in [-0.1, -0.05) is 0 Å². The van der Waals surface area contributed by atoms with Crippen molar-refractivity contribution >= 4 is 33.4 Å². The molecule has 0 unspecified atom stereocenters. The minimum Gasteiger partial charge on any atom is -0.495 e. The lowest BCUT2D eigenvalue weighted by molar-refractivity contribution is -0.120. The van der Waals surface area contributed by atoms with Crippen LogP contribution in [-0.2, 0) is 19.6 Å². The molecule has 2 N–H and O–H groups in total. The summed E-state index contributed by atoms with van der Waals surface area (Å²) >= 11 is 0. The van der Waals surface area contributed by atoms with Crippen LogP contribution in [0.1, 0.15) is 33.6 Å². The van der Waals surface area contributed by atoms with E-state index in [4.69, 9.17) is 9.47 Å². The maximum Gasteiger partial charge on any atom is 0.412 e. The normalized spacial score (nSPS) is 16.2. The number of piperidine rings is 1. The first-order chi connectivity index (χ1) is 13.4. The summed E-state index contributed by atoms with van der Waals surface area (Å²) in [6.45, 7) is 5.93. The van der Waals surface area contributed by atoms with Gasteiger partial charge in [0, 0.05) is 24.7 Å². The van der Waals surface area contributed by atoms with Crippen molar-refractivity contribution in [1.82, 2.24) is 4.31 Å². The highest BCUT2D eigenvalue weighted by Gasteiger charge is 2.29. The van der Waals surface area contributed by atoms with Gasteiger partial charge in [0.1, 0.15) is 11.4 Å². The van der Waals surface area contributed by atoms with Crippen molar-refractivity contribution in [2.75, 3.05) is 37.1 Å². The van der Waals surface area contributed by atoms with Gasteiger partial charge in [-0.25, -0.2) is 17.5 Å². The van der Waals surface area contributed by atoms with Crippen molar-refractivity contribution in [3.63, 3.8) is 0 Å². The third kappa shape index (κ3) is 6.90.